The highest BCUT2D eigenvalue weighted by molar-refractivity contribution is 14.1. The molecule has 1 amide bonds. The minimum atomic E-state index is -0.470. The molecular formula is C24H19IN2O3. The second kappa shape index (κ2) is 10.5. The van der Waals surface area contributed by atoms with Crippen LogP contribution in [0.1, 0.15) is 11.1 Å². The Morgan fingerprint density at radius 1 is 1.10 bits per heavy atom. The summed E-state index contributed by atoms with van der Waals surface area (Å²) in [5.74, 6) is 0.679. The third-order valence-electron chi connectivity index (χ3n) is 4.19. The van der Waals surface area contributed by atoms with Gasteiger partial charge in [-0.2, -0.15) is 5.26 Å². The first-order chi connectivity index (χ1) is 14.6. The molecule has 0 bridgehead atoms. The maximum absolute atomic E-state index is 12.5. The zero-order valence-electron chi connectivity index (χ0n) is 16.3. The number of nitrogens with zero attached hydrogens (tertiary/aromatic N) is 1. The monoisotopic (exact) mass is 510 g/mol. The molecule has 3 aromatic carbocycles. The van der Waals surface area contributed by atoms with Crippen LogP contribution in [0, 0.1) is 14.9 Å². The highest BCUT2D eigenvalue weighted by Gasteiger charge is 2.14. The van der Waals surface area contributed by atoms with Crippen LogP contribution in [0.2, 0.25) is 0 Å². The second-order valence-electron chi connectivity index (χ2n) is 6.30. The first-order valence-electron chi connectivity index (χ1n) is 9.13. The molecule has 3 aromatic rings. The zero-order valence-corrected chi connectivity index (χ0v) is 18.4. The van der Waals surface area contributed by atoms with E-state index in [2.05, 4.69) is 27.9 Å². The van der Waals surface area contributed by atoms with Crippen LogP contribution in [0.15, 0.2) is 78.4 Å². The highest BCUT2D eigenvalue weighted by Crippen LogP contribution is 2.35. The number of ether oxygens (including phenoxy) is 2. The minimum absolute atomic E-state index is 0.00494. The van der Waals surface area contributed by atoms with E-state index in [4.69, 9.17) is 9.47 Å². The fourth-order valence-corrected chi connectivity index (χ4v) is 3.51. The predicted molar refractivity (Wildman–Crippen MR) is 125 cm³/mol. The lowest BCUT2D eigenvalue weighted by atomic mass is 10.1. The molecule has 3 rings (SSSR count). The van der Waals surface area contributed by atoms with Gasteiger partial charge in [-0.1, -0.05) is 48.5 Å². The Balaban J connectivity index is 1.82. The van der Waals surface area contributed by atoms with Gasteiger partial charge in [0.1, 0.15) is 18.2 Å². The SMILES string of the molecule is COc1cc(/C=C(/C#N)C(=O)Nc2ccccc2)cc(I)c1OCc1ccccc1. The van der Waals surface area contributed by atoms with Crippen LogP contribution < -0.4 is 14.8 Å². The van der Waals surface area contributed by atoms with E-state index >= 15 is 0 Å². The van der Waals surface area contributed by atoms with Crippen LogP contribution in [0.3, 0.4) is 0 Å². The van der Waals surface area contributed by atoms with Crippen molar-refractivity contribution < 1.29 is 14.3 Å². The number of carbonyl (C=O) groups excluding carboxylic acids is 1. The molecule has 1 N–H and O–H groups in total. The van der Waals surface area contributed by atoms with Crippen LogP contribution >= 0.6 is 22.6 Å². The summed E-state index contributed by atoms with van der Waals surface area (Å²) in [6.45, 7) is 0.408. The number of nitrogens with one attached hydrogen (secondary N) is 1. The summed E-state index contributed by atoms with van der Waals surface area (Å²) >= 11 is 2.15. The molecule has 0 aromatic heterocycles. The van der Waals surface area contributed by atoms with Gasteiger partial charge >= 0.3 is 0 Å². The van der Waals surface area contributed by atoms with Gasteiger partial charge < -0.3 is 14.8 Å². The number of anilines is 1. The Morgan fingerprint density at radius 3 is 2.40 bits per heavy atom. The number of methoxy groups -OCH3 is 1. The Hall–Kier alpha value is -3.31. The number of hydrogen-bond donors (Lipinski definition) is 1. The van der Waals surface area contributed by atoms with E-state index in [9.17, 15) is 10.1 Å². The van der Waals surface area contributed by atoms with Crippen LogP contribution in [0.25, 0.3) is 6.08 Å². The molecule has 0 fully saturated rings. The number of para-hydroxylation sites is 1. The van der Waals surface area contributed by atoms with Gasteiger partial charge in [-0.05, 0) is 64.1 Å². The van der Waals surface area contributed by atoms with Crippen molar-refractivity contribution in [2.45, 2.75) is 6.61 Å². The number of benzene rings is 3. The average Bonchev–Trinajstić information content (AvgIpc) is 2.77. The van der Waals surface area contributed by atoms with Crippen molar-refractivity contribution in [1.82, 2.24) is 0 Å². The molecule has 0 spiro atoms. The number of halogens is 1. The summed E-state index contributed by atoms with van der Waals surface area (Å²) in [7, 11) is 1.56. The van der Waals surface area contributed by atoms with Gasteiger partial charge in [0.05, 0.1) is 10.7 Å². The maximum atomic E-state index is 12.5. The summed E-state index contributed by atoms with van der Waals surface area (Å²) in [6.07, 6.45) is 1.53. The predicted octanol–water partition coefficient (Wildman–Crippen LogP) is 5.42. The molecule has 0 aliphatic rings. The normalized spacial score (nSPS) is 10.8. The smallest absolute Gasteiger partial charge is 0.266 e. The minimum Gasteiger partial charge on any atom is -0.493 e. The molecular weight excluding hydrogens is 491 g/mol. The Kier molecular flexibility index (Phi) is 7.46. The van der Waals surface area contributed by atoms with Crippen molar-refractivity contribution >= 4 is 40.3 Å². The number of carbonyl (C=O) groups is 1. The van der Waals surface area contributed by atoms with Crippen molar-refractivity contribution in [3.05, 3.63) is 93.1 Å². The van der Waals surface area contributed by atoms with Gasteiger partial charge in [-0.25, -0.2) is 0 Å². The lowest BCUT2D eigenvalue weighted by Gasteiger charge is -2.14. The summed E-state index contributed by atoms with van der Waals surface area (Å²) in [5, 5.41) is 12.2. The van der Waals surface area contributed by atoms with Crippen LogP contribution in [0.5, 0.6) is 11.5 Å². The molecule has 5 nitrogen and oxygen atoms in total. The van der Waals surface area contributed by atoms with E-state index in [-0.39, 0.29) is 5.57 Å². The summed E-state index contributed by atoms with van der Waals surface area (Å²) < 4.78 is 12.3. The van der Waals surface area contributed by atoms with Crippen LogP contribution in [-0.4, -0.2) is 13.0 Å². The van der Waals surface area contributed by atoms with Gasteiger partial charge in [0.15, 0.2) is 11.5 Å². The number of amides is 1. The van der Waals surface area contributed by atoms with E-state index in [0.29, 0.717) is 29.4 Å². The van der Waals surface area contributed by atoms with Gasteiger partial charge in [0, 0.05) is 5.69 Å². The Morgan fingerprint density at radius 2 is 1.77 bits per heavy atom. The Labute approximate surface area is 189 Å². The molecule has 0 saturated carbocycles. The van der Waals surface area contributed by atoms with Crippen molar-refractivity contribution in [3.63, 3.8) is 0 Å². The molecule has 0 saturated heterocycles. The fourth-order valence-electron chi connectivity index (χ4n) is 2.73. The quantitative estimate of drug-likeness (QED) is 0.262. The number of hydrogen-bond acceptors (Lipinski definition) is 4. The third-order valence-corrected chi connectivity index (χ3v) is 4.99. The topological polar surface area (TPSA) is 71.3 Å². The standard InChI is InChI=1S/C24H19IN2O3/c1-29-22-14-18(12-19(15-26)24(28)27-20-10-6-3-7-11-20)13-21(25)23(22)30-16-17-8-4-2-5-9-17/h2-14H,16H2,1H3,(H,27,28)/b19-12-. The summed E-state index contributed by atoms with van der Waals surface area (Å²) in [4.78, 5) is 12.5. The summed E-state index contributed by atoms with van der Waals surface area (Å²) in [5.41, 5.74) is 2.34. The lowest BCUT2D eigenvalue weighted by molar-refractivity contribution is -0.112. The molecule has 30 heavy (non-hydrogen) atoms. The van der Waals surface area contributed by atoms with Gasteiger partial charge in [-0.15, -0.1) is 0 Å². The van der Waals surface area contributed by atoms with Crippen molar-refractivity contribution in [1.29, 1.82) is 5.26 Å². The van der Waals surface area contributed by atoms with E-state index in [1.54, 1.807) is 25.3 Å². The molecule has 150 valence electrons. The molecule has 0 atom stereocenters. The van der Waals surface area contributed by atoms with E-state index in [1.165, 1.54) is 6.08 Å². The molecule has 0 unspecified atom stereocenters. The van der Waals surface area contributed by atoms with Crippen molar-refractivity contribution in [2.75, 3.05) is 12.4 Å². The van der Waals surface area contributed by atoms with Crippen LogP contribution in [0.4, 0.5) is 5.69 Å². The third kappa shape index (κ3) is 5.61. The van der Waals surface area contributed by atoms with E-state index in [1.807, 2.05) is 60.7 Å². The van der Waals surface area contributed by atoms with Gasteiger partial charge in [-0.3, -0.25) is 4.79 Å². The first-order valence-corrected chi connectivity index (χ1v) is 10.2. The molecule has 0 radical (unpaired) electrons. The summed E-state index contributed by atoms with van der Waals surface area (Å²) in [6, 6.07) is 24.4. The number of rotatable bonds is 7. The molecule has 0 aliphatic heterocycles. The van der Waals surface area contributed by atoms with E-state index < -0.39 is 5.91 Å². The van der Waals surface area contributed by atoms with Gasteiger partial charge in [0.2, 0.25) is 0 Å². The van der Waals surface area contributed by atoms with Gasteiger partial charge in [0.25, 0.3) is 5.91 Å². The molecule has 6 heteroatoms. The van der Waals surface area contributed by atoms with Crippen molar-refractivity contribution in [3.8, 4) is 17.6 Å². The largest absolute Gasteiger partial charge is 0.493 e. The molecule has 0 heterocycles. The second-order valence-corrected chi connectivity index (χ2v) is 7.46. The lowest BCUT2D eigenvalue weighted by Crippen LogP contribution is -2.13. The first kappa shape index (κ1) is 21.4. The zero-order chi connectivity index (χ0) is 21.3. The fraction of sp³-hybridized carbons (Fsp3) is 0.0833. The van der Waals surface area contributed by atoms with E-state index in [0.717, 1.165) is 9.13 Å². The number of nitriles is 1. The maximum Gasteiger partial charge on any atom is 0.266 e. The highest BCUT2D eigenvalue weighted by atomic mass is 127. The van der Waals surface area contributed by atoms with Crippen LogP contribution in [-0.2, 0) is 11.4 Å². The Bertz CT molecular complexity index is 1090. The average molecular weight is 510 g/mol. The molecule has 0 aliphatic carbocycles. The van der Waals surface area contributed by atoms with Crippen molar-refractivity contribution in [2.24, 2.45) is 0 Å².